The first kappa shape index (κ1) is 13.9. The average Bonchev–Trinajstić information content (AvgIpc) is 2.89. The van der Waals surface area contributed by atoms with Crippen molar-refractivity contribution in [3.8, 4) is 5.75 Å². The first-order chi connectivity index (χ1) is 10.0. The van der Waals surface area contributed by atoms with Crippen molar-refractivity contribution < 1.29 is 9.53 Å². The van der Waals surface area contributed by atoms with E-state index in [1.807, 2.05) is 25.1 Å². The van der Waals surface area contributed by atoms with Gasteiger partial charge in [0.25, 0.3) is 5.91 Å². The van der Waals surface area contributed by atoms with E-state index in [0.717, 1.165) is 27.8 Å². The Kier molecular flexibility index (Phi) is 3.59. The number of nitrogens with two attached hydrogens (primary N) is 1. The van der Waals surface area contributed by atoms with Crippen molar-refractivity contribution in [1.82, 2.24) is 0 Å². The first-order valence-electron chi connectivity index (χ1n) is 6.67. The fraction of sp³-hybridized carbons (Fsp3) is 0.188. The van der Waals surface area contributed by atoms with Gasteiger partial charge in [0.05, 0.1) is 18.0 Å². The number of fused-ring (bicyclic) bond motifs is 1. The zero-order valence-electron chi connectivity index (χ0n) is 11.6. The van der Waals surface area contributed by atoms with Crippen LogP contribution in [0.4, 0.5) is 11.4 Å². The molecule has 0 unspecified atom stereocenters. The molecule has 3 rings (SSSR count). The van der Waals surface area contributed by atoms with E-state index < -0.39 is 0 Å². The summed E-state index contributed by atoms with van der Waals surface area (Å²) in [6.07, 6.45) is 0.843. The molecule has 0 saturated heterocycles. The maximum Gasteiger partial charge on any atom is 0.255 e. The van der Waals surface area contributed by atoms with Gasteiger partial charge in [-0.15, -0.1) is 0 Å². The minimum atomic E-state index is -0.165. The molecule has 0 bridgehead atoms. The van der Waals surface area contributed by atoms with Crippen molar-refractivity contribution in [3.63, 3.8) is 0 Å². The number of rotatable bonds is 2. The monoisotopic (exact) mass is 346 g/mol. The topological polar surface area (TPSA) is 64.3 Å². The standard InChI is InChI=1S/C16H15BrN2O2/c1-9-6-12(17)8-13(18)15(9)19-16(20)11-2-3-14-10(7-11)4-5-21-14/h2-3,6-8H,4-5,18H2,1H3,(H,19,20). The number of hydrogen-bond donors (Lipinski definition) is 2. The highest BCUT2D eigenvalue weighted by Crippen LogP contribution is 2.29. The molecule has 0 radical (unpaired) electrons. The number of anilines is 2. The molecule has 1 aliphatic rings. The molecule has 1 amide bonds. The van der Waals surface area contributed by atoms with Crippen LogP contribution in [-0.2, 0) is 6.42 Å². The van der Waals surface area contributed by atoms with Crippen molar-refractivity contribution in [2.24, 2.45) is 0 Å². The number of halogens is 1. The van der Waals surface area contributed by atoms with E-state index in [-0.39, 0.29) is 5.91 Å². The molecule has 0 atom stereocenters. The minimum absolute atomic E-state index is 0.165. The summed E-state index contributed by atoms with van der Waals surface area (Å²) < 4.78 is 6.34. The van der Waals surface area contributed by atoms with Crippen molar-refractivity contribution in [3.05, 3.63) is 51.5 Å². The Labute approximate surface area is 131 Å². The van der Waals surface area contributed by atoms with E-state index in [1.54, 1.807) is 12.1 Å². The van der Waals surface area contributed by atoms with E-state index >= 15 is 0 Å². The molecule has 108 valence electrons. The van der Waals surface area contributed by atoms with E-state index in [4.69, 9.17) is 10.5 Å². The van der Waals surface area contributed by atoms with Crippen molar-refractivity contribution in [2.45, 2.75) is 13.3 Å². The molecule has 1 aliphatic heterocycles. The maximum atomic E-state index is 12.4. The molecule has 4 nitrogen and oxygen atoms in total. The van der Waals surface area contributed by atoms with Gasteiger partial charge in [-0.2, -0.15) is 0 Å². The average molecular weight is 347 g/mol. The van der Waals surface area contributed by atoms with Gasteiger partial charge in [-0.1, -0.05) is 15.9 Å². The maximum absolute atomic E-state index is 12.4. The zero-order chi connectivity index (χ0) is 15.0. The van der Waals surface area contributed by atoms with Crippen LogP contribution in [0.3, 0.4) is 0 Å². The summed E-state index contributed by atoms with van der Waals surface area (Å²) in [4.78, 5) is 12.4. The fourth-order valence-corrected chi connectivity index (χ4v) is 3.04. The Morgan fingerprint density at radius 1 is 1.33 bits per heavy atom. The lowest BCUT2D eigenvalue weighted by Crippen LogP contribution is -2.14. The summed E-state index contributed by atoms with van der Waals surface area (Å²) >= 11 is 3.39. The predicted molar refractivity (Wildman–Crippen MR) is 86.9 cm³/mol. The van der Waals surface area contributed by atoms with E-state index in [9.17, 15) is 4.79 Å². The summed E-state index contributed by atoms with van der Waals surface area (Å²) in [5.74, 6) is 0.702. The summed E-state index contributed by atoms with van der Waals surface area (Å²) in [6, 6.07) is 9.18. The van der Waals surface area contributed by atoms with Crippen LogP contribution in [0.2, 0.25) is 0 Å². The number of ether oxygens (including phenoxy) is 1. The second kappa shape index (κ2) is 5.41. The molecule has 5 heteroatoms. The molecule has 2 aromatic rings. The zero-order valence-corrected chi connectivity index (χ0v) is 13.2. The third-order valence-electron chi connectivity index (χ3n) is 3.52. The molecule has 3 N–H and O–H groups in total. The number of nitrogen functional groups attached to an aromatic ring is 1. The van der Waals surface area contributed by atoms with Gasteiger partial charge >= 0.3 is 0 Å². The molecule has 0 spiro atoms. The Balaban J connectivity index is 1.87. The molecule has 0 fully saturated rings. The van der Waals surface area contributed by atoms with E-state index in [0.29, 0.717) is 23.5 Å². The largest absolute Gasteiger partial charge is 0.493 e. The van der Waals surface area contributed by atoms with E-state index in [1.165, 1.54) is 0 Å². The van der Waals surface area contributed by atoms with E-state index in [2.05, 4.69) is 21.2 Å². The van der Waals surface area contributed by atoms with Gasteiger partial charge in [0, 0.05) is 16.5 Å². The van der Waals surface area contributed by atoms with Crippen LogP contribution in [0.15, 0.2) is 34.8 Å². The number of aryl methyl sites for hydroxylation is 1. The predicted octanol–water partition coefficient (Wildman–Crippen LogP) is 3.53. The van der Waals surface area contributed by atoms with Crippen LogP contribution in [0.1, 0.15) is 21.5 Å². The highest BCUT2D eigenvalue weighted by Gasteiger charge is 2.16. The summed E-state index contributed by atoms with van der Waals surface area (Å²) in [6.45, 7) is 2.59. The Morgan fingerprint density at radius 2 is 2.14 bits per heavy atom. The second-order valence-corrected chi connectivity index (χ2v) is 5.98. The Morgan fingerprint density at radius 3 is 2.90 bits per heavy atom. The fourth-order valence-electron chi connectivity index (χ4n) is 2.45. The van der Waals surface area contributed by atoms with Crippen LogP contribution in [0, 0.1) is 6.92 Å². The van der Waals surface area contributed by atoms with Gasteiger partial charge in [0.15, 0.2) is 0 Å². The van der Waals surface area contributed by atoms with Gasteiger partial charge in [-0.3, -0.25) is 4.79 Å². The lowest BCUT2D eigenvalue weighted by molar-refractivity contribution is 0.102. The highest BCUT2D eigenvalue weighted by atomic mass is 79.9. The minimum Gasteiger partial charge on any atom is -0.493 e. The summed E-state index contributed by atoms with van der Waals surface area (Å²) in [7, 11) is 0. The molecule has 0 aromatic heterocycles. The number of amides is 1. The van der Waals surface area contributed by atoms with Crippen LogP contribution in [0.25, 0.3) is 0 Å². The van der Waals surface area contributed by atoms with Crippen molar-refractivity contribution in [1.29, 1.82) is 0 Å². The van der Waals surface area contributed by atoms with Crippen LogP contribution in [-0.4, -0.2) is 12.5 Å². The quantitative estimate of drug-likeness (QED) is 0.817. The van der Waals surface area contributed by atoms with Gasteiger partial charge in [-0.25, -0.2) is 0 Å². The molecule has 1 heterocycles. The third kappa shape index (κ3) is 2.74. The van der Waals surface area contributed by atoms with Crippen molar-refractivity contribution >= 4 is 33.2 Å². The van der Waals surface area contributed by atoms with Crippen LogP contribution >= 0.6 is 15.9 Å². The molecular formula is C16H15BrN2O2. The molecule has 0 aliphatic carbocycles. The lowest BCUT2D eigenvalue weighted by Gasteiger charge is -2.12. The number of nitrogens with one attached hydrogen (secondary N) is 1. The third-order valence-corrected chi connectivity index (χ3v) is 3.98. The summed E-state index contributed by atoms with van der Waals surface area (Å²) in [5, 5.41) is 2.89. The van der Waals surface area contributed by atoms with Crippen LogP contribution in [0.5, 0.6) is 5.75 Å². The number of carbonyl (C=O) groups excluding carboxylic acids is 1. The van der Waals surface area contributed by atoms with Gasteiger partial charge in [-0.05, 0) is 48.4 Å². The Bertz CT molecular complexity index is 705. The smallest absolute Gasteiger partial charge is 0.255 e. The van der Waals surface area contributed by atoms with Gasteiger partial charge in [0.2, 0.25) is 0 Å². The molecule has 2 aromatic carbocycles. The van der Waals surface area contributed by atoms with Gasteiger partial charge < -0.3 is 15.8 Å². The summed E-state index contributed by atoms with van der Waals surface area (Å²) in [5.41, 5.74) is 9.77. The number of benzene rings is 2. The molecule has 21 heavy (non-hydrogen) atoms. The highest BCUT2D eigenvalue weighted by molar-refractivity contribution is 9.10. The molecular weight excluding hydrogens is 332 g/mol. The number of carbonyl (C=O) groups is 1. The SMILES string of the molecule is Cc1cc(Br)cc(N)c1NC(=O)c1ccc2c(c1)CCO2. The molecule has 0 saturated carbocycles. The van der Waals surface area contributed by atoms with Crippen molar-refractivity contribution in [2.75, 3.05) is 17.7 Å². The van der Waals surface area contributed by atoms with Crippen LogP contribution < -0.4 is 15.8 Å². The van der Waals surface area contributed by atoms with Gasteiger partial charge in [0.1, 0.15) is 5.75 Å². The normalized spacial score (nSPS) is 12.7. The number of hydrogen-bond acceptors (Lipinski definition) is 3. The Hall–Kier alpha value is -2.01. The first-order valence-corrected chi connectivity index (χ1v) is 7.46. The lowest BCUT2D eigenvalue weighted by atomic mass is 10.1. The second-order valence-electron chi connectivity index (χ2n) is 5.06.